The first-order valence-corrected chi connectivity index (χ1v) is 6.26. The molecule has 0 bridgehead atoms. The molecule has 15 heteroatoms. The van der Waals surface area contributed by atoms with E-state index in [1.807, 2.05) is 0 Å². The van der Waals surface area contributed by atoms with Crippen LogP contribution in [-0.2, 0) is 0 Å². The Kier molecular flexibility index (Phi) is 4.14. The van der Waals surface area contributed by atoms with Crippen LogP contribution in [0.15, 0.2) is 12.1 Å². The van der Waals surface area contributed by atoms with Gasteiger partial charge in [-0.05, 0) is 0 Å². The molecule has 0 spiro atoms. The minimum Gasteiger partial charge on any atom is -0.439 e. The summed E-state index contributed by atoms with van der Waals surface area (Å²) in [5.41, 5.74) is -2.60. The second-order valence-electron chi connectivity index (χ2n) is 4.58. The van der Waals surface area contributed by atoms with Gasteiger partial charge in [0.15, 0.2) is 11.5 Å². The van der Waals surface area contributed by atoms with E-state index in [4.69, 9.17) is 11.6 Å². The van der Waals surface area contributed by atoms with Crippen LogP contribution >= 0.6 is 11.6 Å². The number of hydrogen-bond acceptors (Lipinski definition) is 6. The number of nitro groups is 2. The molecule has 0 fully saturated rings. The van der Waals surface area contributed by atoms with E-state index in [0.29, 0.717) is 0 Å². The first kappa shape index (κ1) is 18.8. The van der Waals surface area contributed by atoms with Crippen molar-refractivity contribution in [1.82, 2.24) is 0 Å². The predicted octanol–water partition coefficient (Wildman–Crippen LogP) is 3.70. The number of halogens is 7. The van der Waals surface area contributed by atoms with Gasteiger partial charge in [-0.2, -0.15) is 26.3 Å². The minimum absolute atomic E-state index is 0.154. The Hall–Kier alpha value is -2.51. The molecule has 8 nitrogen and oxygen atoms in total. The zero-order chi connectivity index (χ0) is 19.4. The van der Waals surface area contributed by atoms with Crippen LogP contribution in [0, 0.1) is 20.2 Å². The Balaban J connectivity index is 2.64. The summed E-state index contributed by atoms with van der Waals surface area (Å²) < 4.78 is 85.9. The third-order valence-electron chi connectivity index (χ3n) is 2.97. The van der Waals surface area contributed by atoms with Gasteiger partial charge in [-0.15, -0.1) is 11.6 Å². The molecule has 0 aromatic heterocycles. The molecule has 1 atom stereocenters. The molecular formula is C10H3ClF6N2O6. The SMILES string of the molecule is O=[N+]([O-])c1cc2c(cc1[N+](=O)[O-])OC(C(Cl)C(F)(F)F)(C(F)(F)F)O2. The highest BCUT2D eigenvalue weighted by Gasteiger charge is 2.74. The molecule has 0 aliphatic carbocycles. The van der Waals surface area contributed by atoms with Gasteiger partial charge in [-0.3, -0.25) is 20.2 Å². The fourth-order valence-electron chi connectivity index (χ4n) is 1.92. The van der Waals surface area contributed by atoms with Crippen molar-refractivity contribution < 1.29 is 45.7 Å². The van der Waals surface area contributed by atoms with Crippen molar-refractivity contribution in [3.05, 3.63) is 32.4 Å². The van der Waals surface area contributed by atoms with Gasteiger partial charge in [0, 0.05) is 0 Å². The molecule has 138 valence electrons. The second kappa shape index (κ2) is 5.50. The largest absolute Gasteiger partial charge is 0.470 e. The van der Waals surface area contributed by atoms with Gasteiger partial charge in [-0.25, -0.2) is 0 Å². The second-order valence-corrected chi connectivity index (χ2v) is 5.01. The van der Waals surface area contributed by atoms with Crippen molar-refractivity contribution in [2.24, 2.45) is 0 Å². The van der Waals surface area contributed by atoms with E-state index >= 15 is 0 Å². The Bertz CT molecular complexity index is 708. The van der Waals surface area contributed by atoms with Crippen LogP contribution in [0.4, 0.5) is 37.7 Å². The highest BCUT2D eigenvalue weighted by Crippen LogP contribution is 2.54. The van der Waals surface area contributed by atoms with Crippen molar-refractivity contribution >= 4 is 23.0 Å². The number of benzene rings is 1. The summed E-state index contributed by atoms with van der Waals surface area (Å²) >= 11 is 4.84. The van der Waals surface area contributed by atoms with Gasteiger partial charge in [0.05, 0.1) is 22.0 Å². The van der Waals surface area contributed by atoms with Crippen molar-refractivity contribution in [2.75, 3.05) is 0 Å². The van der Waals surface area contributed by atoms with Gasteiger partial charge in [0.2, 0.25) is 5.38 Å². The number of fused-ring (bicyclic) bond motifs is 1. The van der Waals surface area contributed by atoms with Crippen molar-refractivity contribution in [3.63, 3.8) is 0 Å². The maximum Gasteiger partial charge on any atom is 0.470 e. The van der Waals surface area contributed by atoms with Crippen LogP contribution in [0.3, 0.4) is 0 Å². The van der Waals surface area contributed by atoms with Crippen LogP contribution < -0.4 is 9.47 Å². The molecule has 1 heterocycles. The first-order chi connectivity index (χ1) is 11.2. The third-order valence-corrected chi connectivity index (χ3v) is 3.51. The molecule has 0 radical (unpaired) electrons. The molecule has 25 heavy (non-hydrogen) atoms. The average Bonchev–Trinajstić information content (AvgIpc) is 2.82. The molecule has 2 rings (SSSR count). The average molecular weight is 397 g/mol. The van der Waals surface area contributed by atoms with Crippen molar-refractivity contribution in [3.8, 4) is 11.5 Å². The molecular weight excluding hydrogens is 394 g/mol. The molecule has 1 aliphatic rings. The number of rotatable bonds is 3. The maximum atomic E-state index is 13.2. The molecule has 0 saturated carbocycles. The van der Waals surface area contributed by atoms with E-state index < -0.39 is 56.2 Å². The number of nitrogens with zero attached hydrogens (tertiary/aromatic N) is 2. The Morgan fingerprint density at radius 2 is 1.32 bits per heavy atom. The Labute approximate surface area is 137 Å². The smallest absolute Gasteiger partial charge is 0.439 e. The zero-order valence-corrected chi connectivity index (χ0v) is 12.0. The van der Waals surface area contributed by atoms with E-state index in [1.165, 1.54) is 0 Å². The standard InChI is InChI=1S/C10H3ClF6N2O6/c11-7(9(12,13)14)8(10(15,16)17)24-5-1-3(18(20)21)4(19(22)23)2-6(5)25-8/h1-2,7H. The van der Waals surface area contributed by atoms with Gasteiger partial charge in [-0.1, -0.05) is 0 Å². The van der Waals surface area contributed by atoms with Crippen LogP contribution in [0.5, 0.6) is 11.5 Å². The molecule has 1 unspecified atom stereocenters. The molecule has 1 aliphatic heterocycles. The fraction of sp³-hybridized carbons (Fsp3) is 0.400. The number of hydrogen-bond donors (Lipinski definition) is 0. The van der Waals surface area contributed by atoms with Gasteiger partial charge in [0.25, 0.3) is 0 Å². The minimum atomic E-state index is -5.84. The Morgan fingerprint density at radius 3 is 1.56 bits per heavy atom. The summed E-state index contributed by atoms with van der Waals surface area (Å²) in [7, 11) is 0. The van der Waals surface area contributed by atoms with E-state index in [2.05, 4.69) is 9.47 Å². The fourth-order valence-corrected chi connectivity index (χ4v) is 2.13. The lowest BCUT2D eigenvalue weighted by atomic mass is 10.1. The number of ether oxygens (including phenoxy) is 2. The zero-order valence-electron chi connectivity index (χ0n) is 11.2. The highest BCUT2D eigenvalue weighted by atomic mass is 35.5. The normalized spacial score (nSPS) is 17.2. The molecule has 1 aromatic carbocycles. The van der Waals surface area contributed by atoms with Crippen molar-refractivity contribution in [1.29, 1.82) is 0 Å². The van der Waals surface area contributed by atoms with E-state index in [0.717, 1.165) is 0 Å². The topological polar surface area (TPSA) is 105 Å². The lowest BCUT2D eigenvalue weighted by molar-refractivity contribution is -0.422. The molecule has 0 saturated heterocycles. The van der Waals surface area contributed by atoms with Crippen molar-refractivity contribution in [2.45, 2.75) is 23.5 Å². The molecule has 0 amide bonds. The Morgan fingerprint density at radius 1 is 0.960 bits per heavy atom. The van der Waals surface area contributed by atoms with Crippen LogP contribution in [0.1, 0.15) is 0 Å². The summed E-state index contributed by atoms with van der Waals surface area (Å²) in [6.07, 6.45) is -11.5. The quantitative estimate of drug-likeness (QED) is 0.334. The summed E-state index contributed by atoms with van der Waals surface area (Å²) in [4.78, 5) is 18.9. The third kappa shape index (κ3) is 2.96. The predicted molar refractivity (Wildman–Crippen MR) is 65.5 cm³/mol. The highest BCUT2D eigenvalue weighted by molar-refractivity contribution is 6.22. The van der Waals surface area contributed by atoms with E-state index in [-0.39, 0.29) is 12.1 Å². The van der Waals surface area contributed by atoms with E-state index in [9.17, 15) is 46.6 Å². The summed E-state index contributed by atoms with van der Waals surface area (Å²) in [6.45, 7) is 0. The number of alkyl halides is 7. The summed E-state index contributed by atoms with van der Waals surface area (Å²) in [5, 5.41) is 17.7. The number of nitro benzene ring substituents is 2. The van der Waals surface area contributed by atoms with Crippen LogP contribution in [0.2, 0.25) is 0 Å². The monoisotopic (exact) mass is 396 g/mol. The van der Waals surface area contributed by atoms with E-state index in [1.54, 1.807) is 0 Å². The molecule has 1 aromatic rings. The summed E-state index contributed by atoms with van der Waals surface area (Å²) in [6, 6.07) is 0.307. The van der Waals surface area contributed by atoms with Gasteiger partial charge < -0.3 is 9.47 Å². The van der Waals surface area contributed by atoms with Gasteiger partial charge in [0.1, 0.15) is 0 Å². The lowest BCUT2D eigenvalue weighted by Gasteiger charge is -2.33. The van der Waals surface area contributed by atoms with Crippen LogP contribution in [0.25, 0.3) is 0 Å². The lowest BCUT2D eigenvalue weighted by Crippen LogP contribution is -2.63. The first-order valence-electron chi connectivity index (χ1n) is 5.83. The summed E-state index contributed by atoms with van der Waals surface area (Å²) in [5.74, 6) is -6.76. The maximum absolute atomic E-state index is 13.2. The molecule has 0 N–H and O–H groups in total. The van der Waals surface area contributed by atoms with Gasteiger partial charge >= 0.3 is 29.5 Å². The van der Waals surface area contributed by atoms with Crippen LogP contribution in [-0.4, -0.2) is 33.4 Å².